The maximum absolute atomic E-state index is 12.0. The highest BCUT2D eigenvalue weighted by Gasteiger charge is 2.42. The van der Waals surface area contributed by atoms with Crippen LogP contribution in [0.3, 0.4) is 0 Å². The molecule has 1 amide bonds. The summed E-state index contributed by atoms with van der Waals surface area (Å²) in [5.41, 5.74) is 10.2. The van der Waals surface area contributed by atoms with Gasteiger partial charge in [0.05, 0.1) is 5.41 Å². The molecule has 1 heterocycles. The second-order valence-electron chi connectivity index (χ2n) is 8.88. The first-order chi connectivity index (χ1) is 15.8. The minimum Gasteiger partial charge on any atom is -0.366 e. The number of aryl methyl sites for hydroxylation is 3. The van der Waals surface area contributed by atoms with Gasteiger partial charge in [0.25, 0.3) is 0 Å². The molecule has 6 heteroatoms. The number of primary amides is 1. The number of nitrogens with two attached hydrogens (primary N) is 1. The lowest BCUT2D eigenvalue weighted by molar-refractivity contribution is 0.1000. The van der Waals surface area contributed by atoms with Crippen LogP contribution in [0.4, 0.5) is 0 Å². The zero-order valence-corrected chi connectivity index (χ0v) is 20.5. The van der Waals surface area contributed by atoms with E-state index in [-0.39, 0.29) is 6.04 Å². The highest BCUT2D eigenvalue weighted by molar-refractivity contribution is 5.93. The molecule has 6 nitrogen and oxygen atoms in total. The van der Waals surface area contributed by atoms with Crippen LogP contribution in [0.25, 0.3) is 0 Å². The van der Waals surface area contributed by atoms with Gasteiger partial charge in [-0.25, -0.2) is 4.98 Å². The van der Waals surface area contributed by atoms with Crippen LogP contribution >= 0.6 is 0 Å². The summed E-state index contributed by atoms with van der Waals surface area (Å²) in [7, 11) is 0. The maximum Gasteiger partial charge on any atom is 0.248 e. The average molecular weight is 448 g/mol. The number of carbonyl (C=O) groups is 1. The number of nitrogens with one attached hydrogen (secondary N) is 2. The summed E-state index contributed by atoms with van der Waals surface area (Å²) < 4.78 is 0. The third-order valence-electron chi connectivity index (χ3n) is 6.33. The monoisotopic (exact) mass is 447 g/mol. The quantitative estimate of drug-likeness (QED) is 0.405. The van der Waals surface area contributed by atoms with E-state index in [0.717, 1.165) is 60.6 Å². The number of hydrogen-bond acceptors (Lipinski definition) is 4. The Kier molecular flexibility index (Phi) is 8.03. The van der Waals surface area contributed by atoms with E-state index in [1.165, 1.54) is 5.56 Å². The Balaban J connectivity index is 2.37. The number of aromatic nitrogens is 3. The zero-order valence-electron chi connectivity index (χ0n) is 20.5. The summed E-state index contributed by atoms with van der Waals surface area (Å²) in [6.45, 7) is 11.5. The average Bonchev–Trinajstić information content (AvgIpc) is 3.28. The molecule has 1 aromatic heterocycles. The van der Waals surface area contributed by atoms with E-state index in [1.54, 1.807) is 0 Å². The summed E-state index contributed by atoms with van der Waals surface area (Å²) in [5, 5.41) is 11.5. The van der Waals surface area contributed by atoms with Crippen molar-refractivity contribution in [3.8, 4) is 0 Å². The number of aromatic amines is 1. The molecular weight excluding hydrogens is 410 g/mol. The molecule has 0 aliphatic carbocycles. The van der Waals surface area contributed by atoms with Gasteiger partial charge in [0.15, 0.2) is 5.82 Å². The molecule has 4 N–H and O–H groups in total. The standard InChI is InChI=1S/C27H37N5O/c1-6-9-20-16-21(25(28)33)12-15-23(20)27(17-19(5)29-8-3,22-13-10-18(4)11-14-22)26-30-24(7-2)31-32-26/h10-16,19,29H,6-9,17H2,1-5H3,(H2,28,33)(H,30,31,32)/t19-,27?/m1/s1. The molecule has 0 aliphatic rings. The van der Waals surface area contributed by atoms with Gasteiger partial charge in [-0.1, -0.05) is 63.1 Å². The molecule has 3 aromatic rings. The van der Waals surface area contributed by atoms with Crippen LogP contribution < -0.4 is 11.1 Å². The molecule has 33 heavy (non-hydrogen) atoms. The number of amides is 1. The minimum atomic E-state index is -0.583. The summed E-state index contributed by atoms with van der Waals surface area (Å²) in [5.74, 6) is 1.22. The van der Waals surface area contributed by atoms with E-state index in [1.807, 2.05) is 12.1 Å². The SMILES string of the molecule is CCCc1cc(C(N)=O)ccc1C(C[C@@H](C)NCC)(c1ccc(C)cc1)c1n[nH]c(CC)n1. The number of benzene rings is 2. The fourth-order valence-electron chi connectivity index (χ4n) is 4.73. The number of H-pyrrole nitrogens is 1. The number of hydrogen-bond donors (Lipinski definition) is 3. The van der Waals surface area contributed by atoms with E-state index >= 15 is 0 Å². The fourth-order valence-corrected chi connectivity index (χ4v) is 4.73. The predicted molar refractivity (Wildman–Crippen MR) is 134 cm³/mol. The van der Waals surface area contributed by atoms with Crippen LogP contribution in [-0.2, 0) is 18.3 Å². The Morgan fingerprint density at radius 1 is 1.15 bits per heavy atom. The molecule has 0 saturated carbocycles. The second kappa shape index (κ2) is 10.8. The minimum absolute atomic E-state index is 0.213. The first-order valence-corrected chi connectivity index (χ1v) is 12.0. The van der Waals surface area contributed by atoms with Crippen molar-refractivity contribution in [2.24, 2.45) is 5.73 Å². The summed E-state index contributed by atoms with van der Waals surface area (Å²) in [6.07, 6.45) is 3.35. The smallest absolute Gasteiger partial charge is 0.248 e. The van der Waals surface area contributed by atoms with E-state index in [9.17, 15) is 4.79 Å². The molecule has 0 spiro atoms. The molecule has 1 unspecified atom stereocenters. The highest BCUT2D eigenvalue weighted by atomic mass is 16.1. The zero-order chi connectivity index (χ0) is 24.0. The Morgan fingerprint density at radius 2 is 1.88 bits per heavy atom. The van der Waals surface area contributed by atoms with Gasteiger partial charge in [0, 0.05) is 18.0 Å². The van der Waals surface area contributed by atoms with Crippen LogP contribution in [0.1, 0.15) is 84.8 Å². The first kappa shape index (κ1) is 24.6. The lowest BCUT2D eigenvalue weighted by Gasteiger charge is -2.37. The van der Waals surface area contributed by atoms with Crippen molar-refractivity contribution in [3.63, 3.8) is 0 Å². The lowest BCUT2D eigenvalue weighted by Crippen LogP contribution is -2.40. The third kappa shape index (κ3) is 5.17. The van der Waals surface area contributed by atoms with Gasteiger partial charge in [-0.3, -0.25) is 9.89 Å². The van der Waals surface area contributed by atoms with Crippen LogP contribution in [0.5, 0.6) is 0 Å². The Bertz CT molecular complexity index is 1070. The molecule has 0 bridgehead atoms. The summed E-state index contributed by atoms with van der Waals surface area (Å²) in [4.78, 5) is 16.9. The third-order valence-corrected chi connectivity index (χ3v) is 6.33. The van der Waals surface area contributed by atoms with Gasteiger partial charge in [0.2, 0.25) is 5.91 Å². The van der Waals surface area contributed by atoms with Crippen molar-refractivity contribution in [1.82, 2.24) is 20.5 Å². The second-order valence-corrected chi connectivity index (χ2v) is 8.88. The predicted octanol–water partition coefficient (Wildman–Crippen LogP) is 4.45. The normalized spacial score (nSPS) is 14.1. The molecule has 2 atom stereocenters. The van der Waals surface area contributed by atoms with Crippen LogP contribution in [-0.4, -0.2) is 33.7 Å². The number of carbonyl (C=O) groups excluding carboxylic acids is 1. The first-order valence-electron chi connectivity index (χ1n) is 12.0. The van der Waals surface area contributed by atoms with E-state index in [0.29, 0.717) is 5.56 Å². The molecule has 2 aromatic carbocycles. The Hall–Kier alpha value is -2.99. The Morgan fingerprint density at radius 3 is 2.45 bits per heavy atom. The summed E-state index contributed by atoms with van der Waals surface area (Å²) >= 11 is 0. The molecule has 0 radical (unpaired) electrons. The lowest BCUT2D eigenvalue weighted by atomic mass is 9.67. The number of rotatable bonds is 11. The van der Waals surface area contributed by atoms with Crippen molar-refractivity contribution in [2.45, 2.75) is 71.8 Å². The van der Waals surface area contributed by atoms with Gasteiger partial charge in [-0.05, 0) is 62.1 Å². The topological polar surface area (TPSA) is 96.7 Å². The van der Waals surface area contributed by atoms with E-state index in [4.69, 9.17) is 15.8 Å². The van der Waals surface area contributed by atoms with Crippen molar-refractivity contribution in [1.29, 1.82) is 0 Å². The molecule has 0 aliphatic heterocycles. The van der Waals surface area contributed by atoms with E-state index < -0.39 is 11.3 Å². The molecule has 0 fully saturated rings. The maximum atomic E-state index is 12.0. The van der Waals surface area contributed by atoms with Gasteiger partial charge in [-0.15, -0.1) is 0 Å². The van der Waals surface area contributed by atoms with Gasteiger partial charge in [-0.2, -0.15) is 5.10 Å². The summed E-state index contributed by atoms with van der Waals surface area (Å²) in [6, 6.07) is 14.7. The van der Waals surface area contributed by atoms with Crippen LogP contribution in [0.2, 0.25) is 0 Å². The number of nitrogens with zero attached hydrogens (tertiary/aromatic N) is 2. The van der Waals surface area contributed by atoms with E-state index in [2.05, 4.69) is 75.4 Å². The van der Waals surface area contributed by atoms with Crippen LogP contribution in [0, 0.1) is 6.92 Å². The van der Waals surface area contributed by atoms with Crippen molar-refractivity contribution >= 4 is 5.91 Å². The molecular formula is C27H37N5O. The highest BCUT2D eigenvalue weighted by Crippen LogP contribution is 2.43. The van der Waals surface area contributed by atoms with Crippen LogP contribution in [0.15, 0.2) is 42.5 Å². The fraction of sp³-hybridized carbons (Fsp3) is 0.444. The van der Waals surface area contributed by atoms with Gasteiger partial charge < -0.3 is 11.1 Å². The van der Waals surface area contributed by atoms with Crippen molar-refractivity contribution < 1.29 is 4.79 Å². The molecule has 3 rings (SSSR count). The van der Waals surface area contributed by atoms with Crippen molar-refractivity contribution in [3.05, 3.63) is 81.9 Å². The van der Waals surface area contributed by atoms with Gasteiger partial charge in [0.1, 0.15) is 5.82 Å². The Labute approximate surface area is 197 Å². The largest absolute Gasteiger partial charge is 0.366 e. The molecule has 176 valence electrons. The van der Waals surface area contributed by atoms with Crippen molar-refractivity contribution in [2.75, 3.05) is 6.54 Å². The van der Waals surface area contributed by atoms with Gasteiger partial charge >= 0.3 is 0 Å². The molecule has 0 saturated heterocycles.